The summed E-state index contributed by atoms with van der Waals surface area (Å²) < 4.78 is 9.08. The van der Waals surface area contributed by atoms with Gasteiger partial charge in [-0.1, -0.05) is 48.5 Å². The Balaban J connectivity index is 1.67. The number of alkyl carbamates (subject to hydrolysis) is 1. The predicted molar refractivity (Wildman–Crippen MR) is 108 cm³/mol. The summed E-state index contributed by atoms with van der Waals surface area (Å²) >= 11 is 0. The van der Waals surface area contributed by atoms with Crippen LogP contribution in [0.4, 0.5) is 4.79 Å². The second kappa shape index (κ2) is 9.41. The van der Waals surface area contributed by atoms with Crippen molar-refractivity contribution in [3.8, 4) is 22.5 Å². The zero-order valence-electron chi connectivity index (χ0n) is 16.5. The topological polar surface area (TPSA) is 132 Å². The molecule has 0 radical (unpaired) electrons. The fourth-order valence-electron chi connectivity index (χ4n) is 2.61. The predicted octanol–water partition coefficient (Wildman–Crippen LogP) is 2.25. The Bertz CT molecular complexity index is 1040. The third-order valence-electron chi connectivity index (χ3n) is 4.26. The maximum Gasteiger partial charge on any atom is 0.412 e. The second-order valence-electron chi connectivity index (χ2n) is 6.18. The molecule has 0 bridgehead atoms. The molecule has 0 aliphatic heterocycles. The summed E-state index contributed by atoms with van der Waals surface area (Å²) in [5.74, 6) is 0.0923. The number of benzene rings is 2. The summed E-state index contributed by atoms with van der Waals surface area (Å²) in [6, 6.07) is 14.8. The van der Waals surface area contributed by atoms with Crippen molar-refractivity contribution in [1.82, 2.24) is 25.5 Å². The Kier molecular flexibility index (Phi) is 6.48. The maximum atomic E-state index is 11.2. The van der Waals surface area contributed by atoms with E-state index in [1.807, 2.05) is 36.4 Å². The fourth-order valence-corrected chi connectivity index (χ4v) is 2.61. The molecular weight excluding hydrogens is 388 g/mol. The van der Waals surface area contributed by atoms with Crippen molar-refractivity contribution in [2.24, 2.45) is 0 Å². The molecule has 0 fully saturated rings. The number of ether oxygens (including phenoxy) is 2. The van der Waals surface area contributed by atoms with E-state index in [0.29, 0.717) is 17.9 Å². The number of aromatic nitrogens is 4. The van der Waals surface area contributed by atoms with Gasteiger partial charge in [0.2, 0.25) is 5.82 Å². The van der Waals surface area contributed by atoms with E-state index in [0.717, 1.165) is 16.7 Å². The number of tetrazole rings is 1. The molecule has 0 saturated carbocycles. The van der Waals surface area contributed by atoms with Crippen LogP contribution >= 0.6 is 0 Å². The first-order valence-corrected chi connectivity index (χ1v) is 8.99. The van der Waals surface area contributed by atoms with Crippen molar-refractivity contribution >= 4 is 17.9 Å². The average Bonchev–Trinajstić information content (AvgIpc) is 3.26. The number of carbonyl (C=O) groups is 2. The summed E-state index contributed by atoms with van der Waals surface area (Å²) in [6.07, 6.45) is -0.510. The normalized spacial score (nSPS) is 10.3. The number of rotatable bonds is 6. The lowest BCUT2D eigenvalue weighted by atomic mass is 10.0. The molecule has 154 valence electrons. The fraction of sp³-hybridized carbons (Fsp3) is 0.200. The van der Waals surface area contributed by atoms with Gasteiger partial charge in [-0.3, -0.25) is 15.5 Å². The zero-order chi connectivity index (χ0) is 21.5. The van der Waals surface area contributed by atoms with Gasteiger partial charge in [-0.2, -0.15) is 4.80 Å². The number of carbonyl (C=O) groups excluding carboxylic acids is 2. The standard InChI is InChI=1S/C20H20N6O4/c1-29-17(27)11-12-26-24-19(23-25-26)16-9-5-14(6-10-16)13-3-7-15(8-4-13)18(21)22-20(28)30-2/h3-10H,11-12H2,1-2H3,(H2,21,22,28). The van der Waals surface area contributed by atoms with Gasteiger partial charge in [-0.15, -0.1) is 10.2 Å². The van der Waals surface area contributed by atoms with E-state index in [1.165, 1.54) is 19.0 Å². The van der Waals surface area contributed by atoms with Crippen LogP contribution in [0.2, 0.25) is 0 Å². The van der Waals surface area contributed by atoms with Crippen LogP contribution in [0, 0.1) is 5.41 Å². The molecule has 3 aromatic rings. The van der Waals surface area contributed by atoms with E-state index in [-0.39, 0.29) is 18.2 Å². The maximum absolute atomic E-state index is 11.2. The molecule has 3 rings (SSSR count). The van der Waals surface area contributed by atoms with Gasteiger partial charge in [0.05, 0.1) is 27.2 Å². The van der Waals surface area contributed by atoms with Gasteiger partial charge in [0.1, 0.15) is 5.84 Å². The summed E-state index contributed by atoms with van der Waals surface area (Å²) in [4.78, 5) is 23.8. The van der Waals surface area contributed by atoms with E-state index in [1.54, 1.807) is 12.1 Å². The van der Waals surface area contributed by atoms with Crippen LogP contribution in [-0.2, 0) is 20.8 Å². The third-order valence-corrected chi connectivity index (χ3v) is 4.26. The zero-order valence-corrected chi connectivity index (χ0v) is 16.5. The van der Waals surface area contributed by atoms with E-state index in [4.69, 9.17) is 5.41 Å². The monoisotopic (exact) mass is 408 g/mol. The first kappa shape index (κ1) is 20.6. The summed E-state index contributed by atoms with van der Waals surface area (Å²) in [5.41, 5.74) is 3.28. The molecule has 1 heterocycles. The number of hydrogen-bond acceptors (Lipinski definition) is 8. The van der Waals surface area contributed by atoms with Gasteiger partial charge in [0, 0.05) is 11.1 Å². The van der Waals surface area contributed by atoms with Crippen LogP contribution in [0.5, 0.6) is 0 Å². The number of aryl methyl sites for hydroxylation is 1. The molecule has 10 nitrogen and oxygen atoms in total. The lowest BCUT2D eigenvalue weighted by molar-refractivity contribution is -0.140. The third kappa shape index (κ3) is 5.04. The highest BCUT2D eigenvalue weighted by molar-refractivity contribution is 6.04. The van der Waals surface area contributed by atoms with Crippen LogP contribution < -0.4 is 5.32 Å². The van der Waals surface area contributed by atoms with Crippen molar-refractivity contribution in [3.05, 3.63) is 54.1 Å². The molecule has 0 unspecified atom stereocenters. The quantitative estimate of drug-likeness (QED) is 0.363. The second-order valence-corrected chi connectivity index (χ2v) is 6.18. The van der Waals surface area contributed by atoms with Crippen molar-refractivity contribution < 1.29 is 19.1 Å². The van der Waals surface area contributed by atoms with Crippen LogP contribution in [0.1, 0.15) is 12.0 Å². The Morgan fingerprint density at radius 2 is 1.57 bits per heavy atom. The highest BCUT2D eigenvalue weighted by Crippen LogP contribution is 2.23. The number of amidine groups is 1. The molecule has 0 spiro atoms. The smallest absolute Gasteiger partial charge is 0.412 e. The van der Waals surface area contributed by atoms with Gasteiger partial charge in [-0.25, -0.2) is 4.79 Å². The van der Waals surface area contributed by atoms with Crippen molar-refractivity contribution in [1.29, 1.82) is 5.41 Å². The lowest BCUT2D eigenvalue weighted by Gasteiger charge is -2.07. The molecule has 0 aliphatic carbocycles. The van der Waals surface area contributed by atoms with Crippen LogP contribution in [0.3, 0.4) is 0 Å². The SMILES string of the molecule is COC(=O)CCn1nnc(-c2ccc(-c3ccc(C(=N)NC(=O)OC)cc3)cc2)n1. The lowest BCUT2D eigenvalue weighted by Crippen LogP contribution is -2.30. The minimum Gasteiger partial charge on any atom is -0.469 e. The molecule has 0 atom stereocenters. The Labute approximate surface area is 172 Å². The van der Waals surface area contributed by atoms with Crippen molar-refractivity contribution in [3.63, 3.8) is 0 Å². The molecule has 30 heavy (non-hydrogen) atoms. The number of esters is 1. The van der Waals surface area contributed by atoms with Gasteiger partial charge in [0.25, 0.3) is 0 Å². The van der Waals surface area contributed by atoms with E-state index in [2.05, 4.69) is 30.2 Å². The highest BCUT2D eigenvalue weighted by Gasteiger charge is 2.09. The van der Waals surface area contributed by atoms with Gasteiger partial charge < -0.3 is 9.47 Å². The molecule has 2 aromatic carbocycles. The Morgan fingerprint density at radius 3 is 2.17 bits per heavy atom. The Hall–Kier alpha value is -4.08. The van der Waals surface area contributed by atoms with Crippen molar-refractivity contribution in [2.75, 3.05) is 14.2 Å². The molecule has 2 N–H and O–H groups in total. The molecule has 1 aromatic heterocycles. The Morgan fingerprint density at radius 1 is 0.967 bits per heavy atom. The number of nitrogens with one attached hydrogen (secondary N) is 2. The van der Waals surface area contributed by atoms with Crippen LogP contribution in [-0.4, -0.2) is 52.3 Å². The van der Waals surface area contributed by atoms with Crippen LogP contribution in [0.25, 0.3) is 22.5 Å². The number of nitrogens with zero attached hydrogens (tertiary/aromatic N) is 4. The van der Waals surface area contributed by atoms with E-state index in [9.17, 15) is 9.59 Å². The first-order valence-electron chi connectivity index (χ1n) is 8.99. The minimum absolute atomic E-state index is 0.0369. The summed E-state index contributed by atoms with van der Waals surface area (Å²) in [6.45, 7) is 0.296. The van der Waals surface area contributed by atoms with Gasteiger partial charge in [0.15, 0.2) is 0 Å². The van der Waals surface area contributed by atoms with Gasteiger partial charge in [-0.05, 0) is 16.3 Å². The summed E-state index contributed by atoms with van der Waals surface area (Å²) in [7, 11) is 2.58. The number of hydrogen-bond donors (Lipinski definition) is 2. The van der Waals surface area contributed by atoms with E-state index < -0.39 is 6.09 Å². The number of amides is 1. The summed E-state index contributed by atoms with van der Waals surface area (Å²) in [5, 5.41) is 22.4. The largest absolute Gasteiger partial charge is 0.469 e. The number of methoxy groups -OCH3 is 2. The van der Waals surface area contributed by atoms with E-state index >= 15 is 0 Å². The van der Waals surface area contributed by atoms with Gasteiger partial charge >= 0.3 is 12.1 Å². The molecule has 0 saturated heterocycles. The average molecular weight is 408 g/mol. The van der Waals surface area contributed by atoms with Crippen LogP contribution in [0.15, 0.2) is 48.5 Å². The van der Waals surface area contributed by atoms with Crippen molar-refractivity contribution in [2.45, 2.75) is 13.0 Å². The molecule has 0 aliphatic rings. The minimum atomic E-state index is -0.685. The molecule has 1 amide bonds. The molecule has 10 heteroatoms. The highest BCUT2D eigenvalue weighted by atomic mass is 16.5. The molecular formula is C20H20N6O4. The first-order chi connectivity index (χ1) is 14.5.